The highest BCUT2D eigenvalue weighted by molar-refractivity contribution is 5.97. The predicted octanol–water partition coefficient (Wildman–Crippen LogP) is 2.29. The van der Waals surface area contributed by atoms with Crippen LogP contribution in [0.4, 0.5) is 0 Å². The van der Waals surface area contributed by atoms with E-state index in [0.29, 0.717) is 17.7 Å². The third-order valence-electron chi connectivity index (χ3n) is 3.40. The zero-order chi connectivity index (χ0) is 16.8. The molecule has 0 aliphatic carbocycles. The van der Waals surface area contributed by atoms with E-state index < -0.39 is 5.91 Å². The number of carbonyl (C=O) groups is 2. The summed E-state index contributed by atoms with van der Waals surface area (Å²) in [6, 6.07) is 13.9. The second-order valence-electron chi connectivity index (χ2n) is 5.35. The average molecular weight is 312 g/mol. The van der Waals surface area contributed by atoms with Crippen LogP contribution in [0, 0.1) is 6.92 Å². The van der Waals surface area contributed by atoms with Gasteiger partial charge in [0.15, 0.2) is 0 Å². The second kappa shape index (κ2) is 7.45. The van der Waals surface area contributed by atoms with Gasteiger partial charge < -0.3 is 15.8 Å². The van der Waals surface area contributed by atoms with E-state index in [1.807, 2.05) is 38.1 Å². The molecule has 5 nitrogen and oxygen atoms in total. The molecule has 23 heavy (non-hydrogen) atoms. The van der Waals surface area contributed by atoms with E-state index in [0.717, 1.165) is 11.3 Å². The first-order valence-corrected chi connectivity index (χ1v) is 7.37. The lowest BCUT2D eigenvalue weighted by molar-refractivity contribution is 0.0930. The maximum Gasteiger partial charge on any atom is 0.251 e. The summed E-state index contributed by atoms with van der Waals surface area (Å²) in [6.45, 7) is 4.24. The van der Waals surface area contributed by atoms with Crippen molar-refractivity contribution in [2.45, 2.75) is 20.0 Å². The van der Waals surface area contributed by atoms with Crippen molar-refractivity contribution in [2.24, 2.45) is 5.73 Å². The first kappa shape index (κ1) is 16.5. The summed E-state index contributed by atoms with van der Waals surface area (Å²) in [7, 11) is 0. The van der Waals surface area contributed by atoms with Crippen LogP contribution in [0.1, 0.15) is 33.2 Å². The molecule has 0 saturated heterocycles. The molecular weight excluding hydrogens is 292 g/mol. The molecule has 0 radical (unpaired) electrons. The van der Waals surface area contributed by atoms with Gasteiger partial charge in [-0.2, -0.15) is 0 Å². The van der Waals surface area contributed by atoms with Crippen molar-refractivity contribution in [3.8, 4) is 5.75 Å². The Labute approximate surface area is 135 Å². The van der Waals surface area contributed by atoms with E-state index in [9.17, 15) is 9.59 Å². The van der Waals surface area contributed by atoms with Gasteiger partial charge in [-0.05, 0) is 49.7 Å². The van der Waals surface area contributed by atoms with Crippen LogP contribution >= 0.6 is 0 Å². The van der Waals surface area contributed by atoms with Crippen molar-refractivity contribution >= 4 is 11.8 Å². The number of rotatable bonds is 6. The molecule has 3 N–H and O–H groups in total. The van der Waals surface area contributed by atoms with Gasteiger partial charge in [0.05, 0.1) is 6.54 Å². The highest BCUT2D eigenvalue weighted by Gasteiger charge is 2.10. The van der Waals surface area contributed by atoms with E-state index in [-0.39, 0.29) is 12.0 Å². The molecule has 0 saturated carbocycles. The second-order valence-corrected chi connectivity index (χ2v) is 5.35. The summed E-state index contributed by atoms with van der Waals surface area (Å²) in [5, 5.41) is 2.81. The molecule has 2 amide bonds. The van der Waals surface area contributed by atoms with Crippen molar-refractivity contribution in [2.75, 3.05) is 6.54 Å². The van der Waals surface area contributed by atoms with Crippen LogP contribution in [0.15, 0.2) is 48.5 Å². The molecule has 0 spiro atoms. The minimum Gasteiger partial charge on any atom is -0.489 e. The molecule has 0 unspecified atom stereocenters. The highest BCUT2D eigenvalue weighted by Crippen LogP contribution is 2.17. The number of benzene rings is 2. The number of nitrogens with one attached hydrogen (secondary N) is 1. The summed E-state index contributed by atoms with van der Waals surface area (Å²) < 4.78 is 5.81. The number of primary amides is 1. The van der Waals surface area contributed by atoms with Gasteiger partial charge in [-0.15, -0.1) is 0 Å². The normalized spacial score (nSPS) is 11.6. The fourth-order valence-electron chi connectivity index (χ4n) is 2.07. The van der Waals surface area contributed by atoms with E-state index in [4.69, 9.17) is 10.5 Å². The highest BCUT2D eigenvalue weighted by atomic mass is 16.5. The van der Waals surface area contributed by atoms with Gasteiger partial charge in [-0.1, -0.05) is 18.2 Å². The minimum atomic E-state index is -0.516. The third kappa shape index (κ3) is 4.57. The van der Waals surface area contributed by atoms with Crippen LogP contribution in [0.25, 0.3) is 0 Å². The predicted molar refractivity (Wildman–Crippen MR) is 88.6 cm³/mol. The van der Waals surface area contributed by atoms with Crippen LogP contribution in [0.3, 0.4) is 0 Å². The monoisotopic (exact) mass is 312 g/mol. The van der Waals surface area contributed by atoms with Gasteiger partial charge in [0.2, 0.25) is 5.91 Å². The van der Waals surface area contributed by atoms with Crippen LogP contribution in [0.2, 0.25) is 0 Å². The maximum absolute atomic E-state index is 12.1. The SMILES string of the molecule is Cc1ccccc1O[C@H](C)CNC(=O)c1ccc(C(N)=O)cc1. The Kier molecular flexibility index (Phi) is 5.36. The van der Waals surface area contributed by atoms with Crippen molar-refractivity contribution in [1.29, 1.82) is 0 Å². The number of amides is 2. The van der Waals surface area contributed by atoms with Crippen LogP contribution in [-0.4, -0.2) is 24.5 Å². The fraction of sp³-hybridized carbons (Fsp3) is 0.222. The average Bonchev–Trinajstić information content (AvgIpc) is 2.55. The molecule has 2 aromatic rings. The van der Waals surface area contributed by atoms with E-state index in [1.54, 1.807) is 12.1 Å². The lowest BCUT2D eigenvalue weighted by atomic mass is 10.1. The van der Waals surface area contributed by atoms with Crippen LogP contribution in [0.5, 0.6) is 5.75 Å². The van der Waals surface area contributed by atoms with E-state index in [1.165, 1.54) is 12.1 Å². The molecule has 0 bridgehead atoms. The Hall–Kier alpha value is -2.82. The van der Waals surface area contributed by atoms with Gasteiger partial charge in [-0.3, -0.25) is 9.59 Å². The largest absolute Gasteiger partial charge is 0.489 e. The topological polar surface area (TPSA) is 81.4 Å². The number of hydrogen-bond donors (Lipinski definition) is 2. The Balaban J connectivity index is 1.88. The first-order chi connectivity index (χ1) is 11.0. The van der Waals surface area contributed by atoms with Gasteiger partial charge in [-0.25, -0.2) is 0 Å². The summed E-state index contributed by atoms with van der Waals surface area (Å²) in [6.07, 6.45) is -0.162. The molecule has 0 aliphatic heterocycles. The summed E-state index contributed by atoms with van der Waals surface area (Å²) >= 11 is 0. The van der Waals surface area contributed by atoms with Gasteiger partial charge in [0.25, 0.3) is 5.91 Å². The molecule has 0 fully saturated rings. The lowest BCUT2D eigenvalue weighted by Crippen LogP contribution is -2.33. The Morgan fingerprint density at radius 2 is 1.70 bits per heavy atom. The number of para-hydroxylation sites is 1. The molecule has 0 aliphatic rings. The summed E-state index contributed by atoms with van der Waals surface area (Å²) in [4.78, 5) is 23.1. The number of carbonyl (C=O) groups excluding carboxylic acids is 2. The summed E-state index contributed by atoms with van der Waals surface area (Å²) in [5.41, 5.74) is 7.06. The number of nitrogens with two attached hydrogens (primary N) is 1. The zero-order valence-electron chi connectivity index (χ0n) is 13.2. The molecule has 120 valence electrons. The van der Waals surface area contributed by atoms with E-state index >= 15 is 0 Å². The van der Waals surface area contributed by atoms with Crippen molar-refractivity contribution in [3.05, 3.63) is 65.2 Å². The van der Waals surface area contributed by atoms with Crippen LogP contribution in [-0.2, 0) is 0 Å². The smallest absolute Gasteiger partial charge is 0.251 e. The fourth-order valence-corrected chi connectivity index (χ4v) is 2.07. The quantitative estimate of drug-likeness (QED) is 0.858. The summed E-state index contributed by atoms with van der Waals surface area (Å²) in [5.74, 6) is 0.0681. The first-order valence-electron chi connectivity index (χ1n) is 7.37. The zero-order valence-corrected chi connectivity index (χ0v) is 13.2. The molecule has 2 aromatic carbocycles. The Morgan fingerprint density at radius 3 is 2.30 bits per heavy atom. The Morgan fingerprint density at radius 1 is 1.09 bits per heavy atom. The maximum atomic E-state index is 12.1. The lowest BCUT2D eigenvalue weighted by Gasteiger charge is -2.17. The Bertz CT molecular complexity index is 696. The molecular formula is C18H20N2O3. The molecule has 5 heteroatoms. The van der Waals surface area contributed by atoms with E-state index in [2.05, 4.69) is 5.32 Å². The molecule has 0 aromatic heterocycles. The van der Waals surface area contributed by atoms with Crippen molar-refractivity contribution < 1.29 is 14.3 Å². The number of aryl methyl sites for hydroxylation is 1. The third-order valence-corrected chi connectivity index (χ3v) is 3.40. The van der Waals surface area contributed by atoms with Gasteiger partial charge >= 0.3 is 0 Å². The minimum absolute atomic E-state index is 0.162. The molecule has 0 heterocycles. The van der Waals surface area contributed by atoms with Crippen molar-refractivity contribution in [1.82, 2.24) is 5.32 Å². The van der Waals surface area contributed by atoms with Crippen molar-refractivity contribution in [3.63, 3.8) is 0 Å². The van der Waals surface area contributed by atoms with Crippen LogP contribution < -0.4 is 15.8 Å². The standard InChI is InChI=1S/C18H20N2O3/c1-12-5-3-4-6-16(12)23-13(2)11-20-18(22)15-9-7-14(8-10-15)17(19)21/h3-10,13H,11H2,1-2H3,(H2,19,21)(H,20,22)/t13-/m1/s1. The van der Waals surface area contributed by atoms with Gasteiger partial charge in [0.1, 0.15) is 11.9 Å². The van der Waals surface area contributed by atoms with Gasteiger partial charge in [0, 0.05) is 11.1 Å². The molecule has 1 atom stereocenters. The number of ether oxygens (including phenoxy) is 1. The molecule has 2 rings (SSSR count). The number of hydrogen-bond acceptors (Lipinski definition) is 3.